The Hall–Kier alpha value is -1.59. The molecule has 0 spiro atoms. The molecule has 6 heteroatoms. The lowest BCUT2D eigenvalue weighted by Gasteiger charge is -2.15. The van der Waals surface area contributed by atoms with Crippen molar-refractivity contribution in [1.82, 2.24) is 0 Å². The van der Waals surface area contributed by atoms with Crippen molar-refractivity contribution in [2.75, 3.05) is 12.3 Å². The van der Waals surface area contributed by atoms with Crippen LogP contribution in [0.1, 0.15) is 13.8 Å². The number of rotatable bonds is 4. The fraction of sp³-hybridized carbons (Fsp3) is 0.455. The monoisotopic (exact) mass is 249 g/mol. The van der Waals surface area contributed by atoms with Crippen LogP contribution in [0.15, 0.2) is 18.2 Å². The highest BCUT2D eigenvalue weighted by Gasteiger charge is 2.28. The van der Waals surface area contributed by atoms with E-state index in [4.69, 9.17) is 10.5 Å². The number of hydrogen-bond acceptors (Lipinski definition) is 3. The van der Waals surface area contributed by atoms with Crippen LogP contribution < -0.4 is 15.2 Å². The van der Waals surface area contributed by atoms with Crippen LogP contribution in [0, 0.1) is 0 Å². The van der Waals surface area contributed by atoms with Gasteiger partial charge in [0.25, 0.3) is 0 Å². The first-order valence-corrected chi connectivity index (χ1v) is 5.04. The van der Waals surface area contributed by atoms with E-state index in [1.807, 2.05) is 0 Å². The average Bonchev–Trinajstić information content (AvgIpc) is 2.17. The molecule has 0 saturated carbocycles. The number of ether oxygens (including phenoxy) is 2. The van der Waals surface area contributed by atoms with Crippen LogP contribution in [0.4, 0.5) is 18.9 Å². The van der Waals surface area contributed by atoms with Crippen LogP contribution >= 0.6 is 0 Å². The Balaban J connectivity index is 2.80. The van der Waals surface area contributed by atoms with Crippen LogP contribution in [0.25, 0.3) is 0 Å². The predicted molar refractivity (Wildman–Crippen MR) is 58.2 cm³/mol. The van der Waals surface area contributed by atoms with Crippen LogP contribution in [0.3, 0.4) is 0 Å². The van der Waals surface area contributed by atoms with Gasteiger partial charge in [-0.2, -0.15) is 13.2 Å². The second-order valence-electron chi connectivity index (χ2n) is 3.74. The van der Waals surface area contributed by atoms with Crippen LogP contribution in [-0.2, 0) is 0 Å². The zero-order valence-electron chi connectivity index (χ0n) is 9.54. The highest BCUT2D eigenvalue weighted by atomic mass is 19.4. The maximum atomic E-state index is 12.0. The Morgan fingerprint density at radius 1 is 1.24 bits per heavy atom. The molecule has 0 atom stereocenters. The Labute approximate surface area is 97.3 Å². The number of benzene rings is 1. The summed E-state index contributed by atoms with van der Waals surface area (Å²) in [6.07, 6.45) is -4.50. The summed E-state index contributed by atoms with van der Waals surface area (Å²) >= 11 is 0. The first-order valence-electron chi connectivity index (χ1n) is 5.04. The van der Waals surface area contributed by atoms with E-state index in [-0.39, 0.29) is 17.5 Å². The number of para-hydroxylation sites is 1. The molecule has 0 aliphatic heterocycles. The van der Waals surface area contributed by atoms with E-state index in [0.29, 0.717) is 5.75 Å². The number of hydrogen-bond donors (Lipinski definition) is 1. The van der Waals surface area contributed by atoms with Crippen molar-refractivity contribution in [2.24, 2.45) is 0 Å². The molecule has 1 aromatic carbocycles. The Kier molecular flexibility index (Phi) is 4.09. The van der Waals surface area contributed by atoms with Crippen molar-refractivity contribution < 1.29 is 22.6 Å². The molecule has 1 rings (SSSR count). The van der Waals surface area contributed by atoms with E-state index in [1.54, 1.807) is 19.9 Å². The quantitative estimate of drug-likeness (QED) is 0.834. The first-order chi connectivity index (χ1) is 7.79. The van der Waals surface area contributed by atoms with Crippen LogP contribution in [0.2, 0.25) is 0 Å². The largest absolute Gasteiger partial charge is 0.489 e. The predicted octanol–water partition coefficient (Wildman–Crippen LogP) is 3.00. The number of anilines is 1. The molecule has 0 aliphatic rings. The summed E-state index contributed by atoms with van der Waals surface area (Å²) in [6, 6.07) is 4.48. The van der Waals surface area contributed by atoms with Crippen molar-refractivity contribution >= 4 is 5.69 Å². The number of nitrogen functional groups attached to an aromatic ring is 1. The number of nitrogens with two attached hydrogens (primary N) is 1. The molecule has 2 N–H and O–H groups in total. The topological polar surface area (TPSA) is 44.5 Å². The molecule has 0 radical (unpaired) electrons. The van der Waals surface area contributed by atoms with Crippen molar-refractivity contribution in [1.29, 1.82) is 0 Å². The standard InChI is InChI=1S/C11H14F3NO2/c1-7(2)17-9-5-3-4-8(10(9)15)16-6-11(12,13)14/h3-5,7H,6,15H2,1-2H3. The van der Waals surface area contributed by atoms with Crippen molar-refractivity contribution in [3.63, 3.8) is 0 Å². The third kappa shape index (κ3) is 4.42. The number of halogens is 3. The lowest BCUT2D eigenvalue weighted by Crippen LogP contribution is -2.19. The smallest absolute Gasteiger partial charge is 0.422 e. The molecule has 0 fully saturated rings. The molecule has 3 nitrogen and oxygen atoms in total. The van der Waals surface area contributed by atoms with Gasteiger partial charge in [-0.1, -0.05) is 6.07 Å². The summed E-state index contributed by atoms with van der Waals surface area (Å²) in [5.74, 6) is 0.292. The van der Waals surface area contributed by atoms with Gasteiger partial charge in [0, 0.05) is 0 Å². The summed E-state index contributed by atoms with van der Waals surface area (Å²) in [5, 5.41) is 0. The van der Waals surface area contributed by atoms with Crippen molar-refractivity contribution in [3.05, 3.63) is 18.2 Å². The van der Waals surface area contributed by atoms with E-state index in [0.717, 1.165) is 0 Å². The molecule has 0 unspecified atom stereocenters. The fourth-order valence-corrected chi connectivity index (χ4v) is 1.17. The van der Waals surface area contributed by atoms with E-state index < -0.39 is 12.8 Å². The SMILES string of the molecule is CC(C)Oc1cccc(OCC(F)(F)F)c1N. The average molecular weight is 249 g/mol. The third-order valence-corrected chi connectivity index (χ3v) is 1.78. The minimum atomic E-state index is -4.39. The van der Waals surface area contributed by atoms with Gasteiger partial charge < -0.3 is 15.2 Å². The van der Waals surface area contributed by atoms with Gasteiger partial charge in [0.05, 0.1) is 6.10 Å². The number of alkyl halides is 3. The zero-order chi connectivity index (χ0) is 13.1. The molecule has 0 aromatic heterocycles. The van der Waals surface area contributed by atoms with E-state index in [1.165, 1.54) is 12.1 Å². The summed E-state index contributed by atoms with van der Waals surface area (Å²) in [6.45, 7) is 2.22. The second-order valence-corrected chi connectivity index (χ2v) is 3.74. The molecular weight excluding hydrogens is 235 g/mol. The molecule has 0 aliphatic carbocycles. The summed E-state index contributed by atoms with van der Waals surface area (Å²) < 4.78 is 45.9. The summed E-state index contributed by atoms with van der Waals surface area (Å²) in [4.78, 5) is 0. The first kappa shape index (κ1) is 13.5. The second kappa shape index (κ2) is 5.16. The Morgan fingerprint density at radius 3 is 2.35 bits per heavy atom. The van der Waals surface area contributed by atoms with Crippen LogP contribution in [0.5, 0.6) is 11.5 Å². The molecule has 0 amide bonds. The van der Waals surface area contributed by atoms with Gasteiger partial charge in [-0.3, -0.25) is 0 Å². The van der Waals surface area contributed by atoms with Crippen molar-refractivity contribution in [2.45, 2.75) is 26.1 Å². The molecule has 0 heterocycles. The lowest BCUT2D eigenvalue weighted by molar-refractivity contribution is -0.153. The van der Waals surface area contributed by atoms with Gasteiger partial charge in [-0.15, -0.1) is 0 Å². The molecule has 17 heavy (non-hydrogen) atoms. The molecule has 96 valence electrons. The Bertz CT molecular complexity index is 377. The Morgan fingerprint density at radius 2 is 1.82 bits per heavy atom. The molecule has 1 aromatic rings. The lowest BCUT2D eigenvalue weighted by atomic mass is 10.2. The molecule has 0 saturated heterocycles. The fourth-order valence-electron chi connectivity index (χ4n) is 1.17. The van der Waals surface area contributed by atoms with Gasteiger partial charge in [0.15, 0.2) is 6.61 Å². The summed E-state index contributed by atoms with van der Waals surface area (Å²) in [7, 11) is 0. The van der Waals surface area contributed by atoms with E-state index in [2.05, 4.69) is 4.74 Å². The third-order valence-electron chi connectivity index (χ3n) is 1.78. The van der Waals surface area contributed by atoms with Gasteiger partial charge in [0.2, 0.25) is 0 Å². The van der Waals surface area contributed by atoms with Gasteiger partial charge in [-0.25, -0.2) is 0 Å². The van der Waals surface area contributed by atoms with Crippen molar-refractivity contribution in [3.8, 4) is 11.5 Å². The summed E-state index contributed by atoms with van der Waals surface area (Å²) in [5.41, 5.74) is 5.72. The van der Waals surface area contributed by atoms with Gasteiger partial charge in [0.1, 0.15) is 17.2 Å². The normalized spacial score (nSPS) is 11.6. The molecular formula is C11H14F3NO2. The molecule has 0 bridgehead atoms. The van der Waals surface area contributed by atoms with Gasteiger partial charge >= 0.3 is 6.18 Å². The highest BCUT2D eigenvalue weighted by molar-refractivity contribution is 5.62. The van der Waals surface area contributed by atoms with Crippen LogP contribution in [-0.4, -0.2) is 18.9 Å². The maximum Gasteiger partial charge on any atom is 0.422 e. The van der Waals surface area contributed by atoms with E-state index >= 15 is 0 Å². The maximum absolute atomic E-state index is 12.0. The van der Waals surface area contributed by atoms with Gasteiger partial charge in [-0.05, 0) is 26.0 Å². The van der Waals surface area contributed by atoms with E-state index in [9.17, 15) is 13.2 Å². The minimum absolute atomic E-state index is 0.0273. The minimum Gasteiger partial charge on any atom is -0.489 e. The zero-order valence-corrected chi connectivity index (χ0v) is 9.54. The highest BCUT2D eigenvalue weighted by Crippen LogP contribution is 2.32.